The molecule has 676 valence electrons. The zero-order valence-electron chi connectivity index (χ0n) is 74.6. The summed E-state index contributed by atoms with van der Waals surface area (Å²) in [5, 5.41) is 6.45. The first-order valence-electron chi connectivity index (χ1n) is 43.0. The molecule has 0 bridgehead atoms. The molecule has 1 N–H and O–H groups in total. The number of Topliss-reactive ketones (excluding diaryl/α,β-unsaturated/α-hetero) is 1. The van der Waals surface area contributed by atoms with Gasteiger partial charge in [-0.1, -0.05) is 179 Å². The Morgan fingerprint density at radius 1 is 0.377 bits per heavy atom. The third kappa shape index (κ3) is 28.9. The zero-order valence-corrected chi connectivity index (χ0v) is 78.4. The minimum atomic E-state index is -0.0935. The number of nitrogens with one attached hydrogen (secondary N) is 1. The number of aromatic nitrogens is 1. The van der Waals surface area contributed by atoms with Crippen LogP contribution in [0.25, 0.3) is 55.6 Å². The van der Waals surface area contributed by atoms with E-state index in [0.717, 1.165) is 153 Å². The topological polar surface area (TPSA) is 199 Å². The number of ether oxygens (including phenoxy) is 6. The Bertz CT molecular complexity index is 5700. The van der Waals surface area contributed by atoms with Gasteiger partial charge in [-0.25, -0.2) is 0 Å². The molecule has 0 saturated carbocycles. The van der Waals surface area contributed by atoms with Crippen LogP contribution in [0, 0.1) is 0 Å². The molecule has 0 radical (unpaired) electrons. The summed E-state index contributed by atoms with van der Waals surface area (Å²) in [5.74, 6) is 0.241. The van der Waals surface area contributed by atoms with Crippen molar-refractivity contribution in [2.45, 2.75) is 77.8 Å². The molecule has 3 aliphatic rings. The summed E-state index contributed by atoms with van der Waals surface area (Å²) in [7, 11) is 13.9. The lowest BCUT2D eigenvalue weighted by atomic mass is 9.97. The normalized spacial score (nSPS) is 13.2. The summed E-state index contributed by atoms with van der Waals surface area (Å²) in [6.07, 6.45) is 7.19. The fourth-order valence-corrected chi connectivity index (χ4v) is 16.1. The predicted octanol–water partition coefficient (Wildman–Crippen LogP) is 21.9. The van der Waals surface area contributed by atoms with Crippen molar-refractivity contribution >= 4 is 93.3 Å². The van der Waals surface area contributed by atoms with Crippen LogP contribution < -0.4 is 5.32 Å². The standard InChI is InChI=1S/C23H22ClNO2.C22H21ClN2O2.C21H24ClNO3.C20H23ClN2O2.C20H20ClNO3/c1-25(15-17-6-4-3-5-7-17)23(26)19-10-13-22(20(14-19)16-27-2)18-8-11-21(24)12-9-18;1-27-15-19-14-18(4-7-21(19)17-2-5-20(23)6-3-17)22(26)25-13-10-16-8-11-24-12-9-16;1-25-14-17-13-16(21(24)23-11-9-19(26-2)10-12-23)5-8-20(17)15-3-6-18(22)7-4-15;1-22-9-11-23(12-10-22)20(24)16-5-8-19(17(13-16)14-25-2)15-3-6-18(21)7-4-15;1-25-13-16-12-15(20(24)22-10-8-18(23)9-11-22)4-7-19(16)14-2-5-17(21)6-3-14/h3-14H,15-16H2,1-2H3;2-9,11-12,14H,10,13,15H2,1H3,(H,25,26);3-8,13,19H,9-12,14H2,1-2H3;3-8,13H,9-12,14H2,1-2H3;2-7,12H,8-11,13H2,1H3. The lowest BCUT2D eigenvalue weighted by molar-refractivity contribution is -0.120. The average Bonchev–Trinajstić information content (AvgIpc) is 0.826. The number of rotatable bonds is 26. The van der Waals surface area contributed by atoms with Crippen molar-refractivity contribution in [2.24, 2.45) is 0 Å². The van der Waals surface area contributed by atoms with Gasteiger partial charge >= 0.3 is 0 Å². The SMILES string of the molecule is COCc1cc(C(=O)N(C)Cc2ccccc2)ccc1-c1ccc(Cl)cc1.COCc1cc(C(=O)N2CCC(=O)CC2)ccc1-c1ccc(Cl)cc1.COCc1cc(C(=O)N2CCC(OC)CC2)ccc1-c1ccc(Cl)cc1.COCc1cc(C(=O)N2CCN(C)CC2)ccc1-c1ccc(Cl)cc1.COCc1cc(C(=O)NCCc2ccncc2)ccc1-c1ccc(Cl)cc1. The minimum absolute atomic E-state index is 0.0149. The van der Waals surface area contributed by atoms with Gasteiger partial charge in [-0.15, -0.1) is 0 Å². The number of nitrogens with zero attached hydrogens (tertiary/aromatic N) is 6. The summed E-state index contributed by atoms with van der Waals surface area (Å²) in [5.41, 5.74) is 20.9. The van der Waals surface area contributed by atoms with Crippen molar-refractivity contribution in [1.29, 1.82) is 0 Å². The van der Waals surface area contributed by atoms with Crippen molar-refractivity contribution in [3.8, 4) is 55.6 Å². The maximum absolute atomic E-state index is 12.9. The van der Waals surface area contributed by atoms with Crippen LogP contribution >= 0.6 is 58.0 Å². The van der Waals surface area contributed by atoms with Gasteiger partial charge in [0.25, 0.3) is 29.5 Å². The molecule has 0 aliphatic carbocycles. The maximum atomic E-state index is 12.9. The fourth-order valence-electron chi connectivity index (χ4n) is 15.5. The number of benzene rings is 11. The average molecular weight is 1850 g/mol. The van der Waals surface area contributed by atoms with E-state index in [0.29, 0.717) is 125 Å². The van der Waals surface area contributed by atoms with Gasteiger partial charge in [0.05, 0.1) is 39.1 Å². The van der Waals surface area contributed by atoms with E-state index in [1.807, 2.05) is 272 Å². The van der Waals surface area contributed by atoms with E-state index < -0.39 is 0 Å². The monoisotopic (exact) mass is 1850 g/mol. The van der Waals surface area contributed by atoms with Crippen LogP contribution in [0.5, 0.6) is 0 Å². The summed E-state index contributed by atoms with van der Waals surface area (Å²) < 4.78 is 32.1. The minimum Gasteiger partial charge on any atom is -0.381 e. The van der Waals surface area contributed by atoms with Gasteiger partial charge in [0, 0.05) is 193 Å². The highest BCUT2D eigenvalue weighted by Gasteiger charge is 2.28. The largest absolute Gasteiger partial charge is 0.381 e. The molecule has 1 aromatic heterocycles. The Balaban J connectivity index is 0.000000157. The Kier molecular flexibility index (Phi) is 38.8. The molecule has 4 heterocycles. The summed E-state index contributed by atoms with van der Waals surface area (Å²) in [4.78, 5) is 88.7. The zero-order chi connectivity index (χ0) is 92.4. The molecule has 3 aliphatic heterocycles. The van der Waals surface area contributed by atoms with Crippen LogP contribution in [0.15, 0.2) is 267 Å². The quantitative estimate of drug-likeness (QED) is 0.0537. The Labute approximate surface area is 788 Å². The van der Waals surface area contributed by atoms with Gasteiger partial charge in [-0.2, -0.15) is 0 Å². The van der Waals surface area contributed by atoms with E-state index in [1.165, 1.54) is 0 Å². The van der Waals surface area contributed by atoms with Gasteiger partial charge in [-0.3, -0.25) is 33.8 Å². The smallest absolute Gasteiger partial charge is 0.253 e. The number of carbonyl (C=O) groups excluding carboxylic acids is 6. The number of methoxy groups -OCH3 is 6. The highest BCUT2D eigenvalue weighted by molar-refractivity contribution is 6.32. The number of amides is 5. The second-order valence-electron chi connectivity index (χ2n) is 31.7. The summed E-state index contributed by atoms with van der Waals surface area (Å²) >= 11 is 29.9. The third-order valence-electron chi connectivity index (χ3n) is 22.6. The molecule has 3 saturated heterocycles. The summed E-state index contributed by atoms with van der Waals surface area (Å²) in [6.45, 7) is 9.15. The number of pyridine rings is 1. The molecule has 0 unspecified atom stereocenters. The first-order valence-corrected chi connectivity index (χ1v) is 44.9. The molecule has 0 atom stereocenters. The highest BCUT2D eigenvalue weighted by atomic mass is 35.5. The second kappa shape index (κ2) is 50.8. The molecule has 19 nitrogen and oxygen atoms in total. The van der Waals surface area contributed by atoms with Gasteiger partial charge in [-0.05, 0) is 254 Å². The van der Waals surface area contributed by atoms with Crippen LogP contribution in [-0.4, -0.2) is 187 Å². The van der Waals surface area contributed by atoms with Crippen molar-refractivity contribution < 1.29 is 57.2 Å². The van der Waals surface area contributed by atoms with Crippen LogP contribution in [0.2, 0.25) is 25.1 Å². The second-order valence-corrected chi connectivity index (χ2v) is 33.9. The fraction of sp³-hybridized carbons (Fsp3) is 0.274. The van der Waals surface area contributed by atoms with Crippen molar-refractivity contribution in [2.75, 3.05) is 116 Å². The molecule has 11 aromatic carbocycles. The number of ketones is 1. The lowest BCUT2D eigenvalue weighted by Crippen LogP contribution is -2.47. The van der Waals surface area contributed by atoms with Gasteiger partial charge in [0.15, 0.2) is 0 Å². The number of carbonyl (C=O) groups is 6. The van der Waals surface area contributed by atoms with Crippen molar-refractivity contribution in [1.82, 2.24) is 34.8 Å². The summed E-state index contributed by atoms with van der Waals surface area (Å²) in [6, 6.07) is 80.9. The Morgan fingerprint density at radius 3 is 1.04 bits per heavy atom. The van der Waals surface area contributed by atoms with Crippen LogP contribution in [0.1, 0.15) is 116 Å². The van der Waals surface area contributed by atoms with Crippen LogP contribution in [0.4, 0.5) is 0 Å². The maximum Gasteiger partial charge on any atom is 0.253 e. The molecule has 15 rings (SSSR count). The molecule has 0 spiro atoms. The predicted molar refractivity (Wildman–Crippen MR) is 520 cm³/mol. The van der Waals surface area contributed by atoms with Gasteiger partial charge < -0.3 is 58.2 Å². The van der Waals surface area contributed by atoms with E-state index in [4.69, 9.17) is 86.4 Å². The molecule has 24 heteroatoms. The number of likely N-dealkylation sites (N-methyl/N-ethyl adjacent to an activating group) is 1. The van der Waals surface area contributed by atoms with E-state index in [-0.39, 0.29) is 41.4 Å². The number of likely N-dealkylation sites (tertiary alicyclic amines) is 2. The molecule has 5 amide bonds. The first kappa shape index (κ1) is 99.3. The number of piperazine rings is 1. The molecular weight excluding hydrogens is 1740 g/mol. The molecular formula is C106H110Cl5N7O12. The Morgan fingerprint density at radius 2 is 0.692 bits per heavy atom. The van der Waals surface area contributed by atoms with E-state index in [9.17, 15) is 28.8 Å². The highest BCUT2D eigenvalue weighted by Crippen LogP contribution is 2.35. The first-order chi connectivity index (χ1) is 63.0. The van der Waals surface area contributed by atoms with E-state index >= 15 is 0 Å². The molecule has 130 heavy (non-hydrogen) atoms. The third-order valence-corrected chi connectivity index (χ3v) is 23.8. The van der Waals surface area contributed by atoms with E-state index in [1.54, 1.807) is 64.9 Å². The van der Waals surface area contributed by atoms with Crippen LogP contribution in [0.3, 0.4) is 0 Å². The van der Waals surface area contributed by atoms with Crippen LogP contribution in [-0.2, 0) is 79.2 Å². The van der Waals surface area contributed by atoms with E-state index in [2.05, 4.69) is 22.2 Å². The van der Waals surface area contributed by atoms with Crippen molar-refractivity contribution in [3.05, 3.63) is 359 Å². The lowest BCUT2D eigenvalue weighted by Gasteiger charge is -2.32. The number of hydrogen-bond donors (Lipinski definition) is 1. The Hall–Kier alpha value is -11.2. The number of piperidine rings is 2. The van der Waals surface area contributed by atoms with Crippen molar-refractivity contribution in [3.63, 3.8) is 0 Å². The molecule has 12 aromatic rings. The van der Waals surface area contributed by atoms with Gasteiger partial charge in [0.2, 0.25) is 0 Å². The molecule has 3 fully saturated rings. The number of halogens is 5. The number of hydrogen-bond acceptors (Lipinski definition) is 14. The van der Waals surface area contributed by atoms with Gasteiger partial charge in [0.1, 0.15) is 5.78 Å².